The van der Waals surface area contributed by atoms with Crippen LogP contribution in [0.5, 0.6) is 5.75 Å². The fraction of sp³-hybridized carbons (Fsp3) is 0.476. The van der Waals surface area contributed by atoms with Crippen molar-refractivity contribution in [2.75, 3.05) is 36.0 Å². The second-order valence-corrected chi connectivity index (χ2v) is 8.07. The molecule has 2 aromatic rings. The lowest BCUT2D eigenvalue weighted by Crippen LogP contribution is -2.44. The first-order valence-electron chi connectivity index (χ1n) is 9.21. The van der Waals surface area contributed by atoms with Crippen molar-refractivity contribution >= 4 is 11.4 Å². The van der Waals surface area contributed by atoms with Crippen LogP contribution in [-0.2, 0) is 5.41 Å². The Labute approximate surface area is 150 Å². The largest absolute Gasteiger partial charge is 0.492 e. The maximum atomic E-state index is 6.10. The van der Waals surface area contributed by atoms with Gasteiger partial charge in [0.2, 0.25) is 0 Å². The molecule has 25 heavy (non-hydrogen) atoms. The van der Waals surface area contributed by atoms with Crippen LogP contribution < -0.4 is 14.5 Å². The Bertz CT molecular complexity index is 753. The first kappa shape index (κ1) is 16.2. The van der Waals surface area contributed by atoms with Crippen LogP contribution in [0, 0.1) is 0 Å². The van der Waals surface area contributed by atoms with Crippen molar-refractivity contribution in [3.8, 4) is 5.75 Å². The molecule has 4 heteroatoms. The molecule has 2 aliphatic rings. The molecule has 0 radical (unpaired) electrons. The predicted molar refractivity (Wildman–Crippen MR) is 103 cm³/mol. The number of nitrogens with zero attached hydrogens (tertiary/aromatic N) is 3. The molecule has 4 rings (SSSR count). The van der Waals surface area contributed by atoms with Crippen molar-refractivity contribution < 1.29 is 4.74 Å². The third-order valence-electron chi connectivity index (χ3n) is 5.33. The molecule has 0 aliphatic carbocycles. The van der Waals surface area contributed by atoms with E-state index in [1.54, 1.807) is 0 Å². The standard InChI is InChI=1S/C21H27N3O/c1-21(2,3)16-5-4-6-18(13-16)25-12-11-24-17-8-10-23(15-17)20-14-22-9-7-19(20)24/h4-7,9,13-14,17H,8,10-12,15H2,1-3H3. The maximum absolute atomic E-state index is 6.10. The van der Waals surface area contributed by atoms with Gasteiger partial charge in [0, 0.05) is 25.3 Å². The molecule has 132 valence electrons. The van der Waals surface area contributed by atoms with Gasteiger partial charge in [0.15, 0.2) is 0 Å². The molecule has 0 spiro atoms. The zero-order chi connectivity index (χ0) is 17.4. The molecule has 1 aromatic carbocycles. The van der Waals surface area contributed by atoms with Gasteiger partial charge in [0.25, 0.3) is 0 Å². The van der Waals surface area contributed by atoms with Crippen LogP contribution in [0.2, 0.25) is 0 Å². The Kier molecular flexibility index (Phi) is 4.06. The van der Waals surface area contributed by atoms with Gasteiger partial charge in [-0.25, -0.2) is 0 Å². The van der Waals surface area contributed by atoms with Crippen molar-refractivity contribution in [2.45, 2.75) is 38.6 Å². The fourth-order valence-electron chi connectivity index (χ4n) is 3.89. The highest BCUT2D eigenvalue weighted by molar-refractivity contribution is 5.74. The van der Waals surface area contributed by atoms with E-state index in [9.17, 15) is 0 Å². The lowest BCUT2D eigenvalue weighted by Gasteiger charge is -2.38. The third-order valence-corrected chi connectivity index (χ3v) is 5.33. The number of benzene rings is 1. The van der Waals surface area contributed by atoms with Crippen molar-refractivity contribution in [1.29, 1.82) is 0 Å². The van der Waals surface area contributed by atoms with Crippen LogP contribution in [0.4, 0.5) is 11.4 Å². The van der Waals surface area contributed by atoms with Gasteiger partial charge in [0.05, 0.1) is 24.1 Å². The molecule has 0 N–H and O–H groups in total. The topological polar surface area (TPSA) is 28.6 Å². The van der Waals surface area contributed by atoms with Crippen LogP contribution in [-0.4, -0.2) is 37.3 Å². The molecule has 1 aromatic heterocycles. The normalized spacial score (nSPS) is 19.1. The van der Waals surface area contributed by atoms with Gasteiger partial charge in [0.1, 0.15) is 12.4 Å². The van der Waals surface area contributed by atoms with Crippen LogP contribution >= 0.6 is 0 Å². The molecule has 1 fully saturated rings. The van der Waals surface area contributed by atoms with E-state index in [-0.39, 0.29) is 5.41 Å². The summed E-state index contributed by atoms with van der Waals surface area (Å²) >= 11 is 0. The SMILES string of the molecule is CC(C)(C)c1cccc(OCCN2c3ccncc3N3CCC2C3)c1. The molecule has 2 bridgehead atoms. The average Bonchev–Trinajstić information content (AvgIpc) is 3.03. The Hall–Kier alpha value is -2.23. The summed E-state index contributed by atoms with van der Waals surface area (Å²) in [6.07, 6.45) is 5.11. The fourth-order valence-corrected chi connectivity index (χ4v) is 3.89. The number of rotatable bonds is 4. The number of ether oxygens (including phenoxy) is 1. The highest BCUT2D eigenvalue weighted by atomic mass is 16.5. The average molecular weight is 337 g/mol. The number of anilines is 2. The van der Waals surface area contributed by atoms with Gasteiger partial charge in [-0.1, -0.05) is 32.9 Å². The van der Waals surface area contributed by atoms with E-state index in [1.165, 1.54) is 23.4 Å². The monoisotopic (exact) mass is 337 g/mol. The van der Waals surface area contributed by atoms with E-state index >= 15 is 0 Å². The van der Waals surface area contributed by atoms with E-state index in [0.717, 1.165) is 25.4 Å². The Morgan fingerprint density at radius 1 is 1.20 bits per heavy atom. The molecular weight excluding hydrogens is 310 g/mol. The first-order chi connectivity index (χ1) is 12.0. The van der Waals surface area contributed by atoms with E-state index in [2.05, 4.69) is 65.9 Å². The van der Waals surface area contributed by atoms with Crippen molar-refractivity contribution in [2.24, 2.45) is 0 Å². The molecule has 0 amide bonds. The van der Waals surface area contributed by atoms with E-state index in [0.29, 0.717) is 12.6 Å². The minimum atomic E-state index is 0.144. The van der Waals surface area contributed by atoms with Gasteiger partial charge >= 0.3 is 0 Å². The quantitative estimate of drug-likeness (QED) is 0.847. The second kappa shape index (κ2) is 6.25. The maximum Gasteiger partial charge on any atom is 0.119 e. The Morgan fingerprint density at radius 3 is 2.92 bits per heavy atom. The molecule has 3 heterocycles. The Morgan fingerprint density at radius 2 is 2.08 bits per heavy atom. The summed E-state index contributed by atoms with van der Waals surface area (Å²) in [5, 5.41) is 0. The molecule has 1 atom stereocenters. The number of fused-ring (bicyclic) bond motifs is 4. The predicted octanol–water partition coefficient (Wildman–Crippen LogP) is 3.86. The van der Waals surface area contributed by atoms with Crippen LogP contribution in [0.3, 0.4) is 0 Å². The van der Waals surface area contributed by atoms with Gasteiger partial charge < -0.3 is 14.5 Å². The minimum absolute atomic E-state index is 0.144. The number of pyridine rings is 1. The summed E-state index contributed by atoms with van der Waals surface area (Å²) in [7, 11) is 0. The number of hydrogen-bond donors (Lipinski definition) is 0. The summed E-state index contributed by atoms with van der Waals surface area (Å²) in [6, 6.07) is 11.2. The lowest BCUT2D eigenvalue weighted by molar-refractivity contribution is 0.318. The highest BCUT2D eigenvalue weighted by Gasteiger charge is 2.35. The van der Waals surface area contributed by atoms with E-state index < -0.39 is 0 Å². The van der Waals surface area contributed by atoms with Crippen LogP contribution in [0.1, 0.15) is 32.8 Å². The molecule has 2 aliphatic heterocycles. The summed E-state index contributed by atoms with van der Waals surface area (Å²) in [5.74, 6) is 0.965. The Balaban J connectivity index is 1.44. The van der Waals surface area contributed by atoms with Crippen LogP contribution in [0.15, 0.2) is 42.7 Å². The number of hydrogen-bond acceptors (Lipinski definition) is 4. The van der Waals surface area contributed by atoms with Crippen molar-refractivity contribution in [3.63, 3.8) is 0 Å². The van der Waals surface area contributed by atoms with Crippen molar-refractivity contribution in [1.82, 2.24) is 4.98 Å². The summed E-state index contributed by atoms with van der Waals surface area (Å²) in [5.41, 5.74) is 4.03. The van der Waals surface area contributed by atoms with Gasteiger partial charge in [-0.05, 0) is 35.6 Å². The first-order valence-corrected chi connectivity index (χ1v) is 9.21. The molecule has 0 saturated carbocycles. The molecule has 1 saturated heterocycles. The zero-order valence-corrected chi connectivity index (χ0v) is 15.4. The second-order valence-electron chi connectivity index (χ2n) is 8.07. The molecular formula is C21H27N3O. The minimum Gasteiger partial charge on any atom is -0.492 e. The third kappa shape index (κ3) is 3.17. The van der Waals surface area contributed by atoms with Crippen molar-refractivity contribution in [3.05, 3.63) is 48.3 Å². The number of aromatic nitrogens is 1. The van der Waals surface area contributed by atoms with Gasteiger partial charge in [-0.2, -0.15) is 0 Å². The lowest BCUT2D eigenvalue weighted by atomic mass is 9.87. The summed E-state index contributed by atoms with van der Waals surface area (Å²) in [4.78, 5) is 9.27. The van der Waals surface area contributed by atoms with Gasteiger partial charge in [-0.3, -0.25) is 4.98 Å². The highest BCUT2D eigenvalue weighted by Crippen LogP contribution is 2.38. The summed E-state index contributed by atoms with van der Waals surface area (Å²) in [6.45, 7) is 10.6. The van der Waals surface area contributed by atoms with E-state index in [1.807, 2.05) is 12.4 Å². The molecule has 4 nitrogen and oxygen atoms in total. The smallest absolute Gasteiger partial charge is 0.119 e. The van der Waals surface area contributed by atoms with Crippen LogP contribution in [0.25, 0.3) is 0 Å². The van der Waals surface area contributed by atoms with Gasteiger partial charge in [-0.15, -0.1) is 0 Å². The zero-order valence-electron chi connectivity index (χ0n) is 15.4. The summed E-state index contributed by atoms with van der Waals surface area (Å²) < 4.78 is 6.10. The molecule has 1 unspecified atom stereocenters. The van der Waals surface area contributed by atoms with E-state index in [4.69, 9.17) is 4.74 Å².